The number of aliphatic hydroxyl groups excluding tert-OH is 1. The van der Waals surface area contributed by atoms with Crippen molar-refractivity contribution in [1.82, 2.24) is 0 Å². The monoisotopic (exact) mass is 530 g/mol. The van der Waals surface area contributed by atoms with Crippen LogP contribution in [0.2, 0.25) is 0 Å². The number of benzene rings is 3. The molecule has 0 aliphatic heterocycles. The van der Waals surface area contributed by atoms with Crippen LogP contribution >= 0.6 is 0 Å². The van der Waals surface area contributed by atoms with Gasteiger partial charge in [-0.15, -0.1) is 0 Å². The van der Waals surface area contributed by atoms with E-state index >= 15 is 0 Å². The first kappa shape index (κ1) is 27.6. The number of rotatable bonds is 9. The fraction of sp³-hybridized carbons (Fsp3) is 0.367. The molecule has 0 saturated heterocycles. The molecule has 4 rings (SSSR count). The number of ether oxygens (including phenoxy) is 1. The molecule has 4 nitrogen and oxygen atoms in total. The van der Waals surface area contributed by atoms with E-state index in [4.69, 9.17) is 9.84 Å². The predicted molar refractivity (Wildman–Crippen MR) is 135 cm³/mol. The maximum atomic E-state index is 15.0. The molecule has 3 aromatic rings. The molecule has 1 aliphatic rings. The van der Waals surface area contributed by atoms with Gasteiger partial charge in [0, 0.05) is 16.7 Å². The molecule has 3 aromatic carbocycles. The summed E-state index contributed by atoms with van der Waals surface area (Å²) in [7, 11) is 0. The first-order chi connectivity index (χ1) is 18.0. The number of alkyl halides is 2. The molecule has 1 aliphatic carbocycles. The predicted octanol–water partition coefficient (Wildman–Crippen LogP) is 7.95. The van der Waals surface area contributed by atoms with E-state index in [1.54, 1.807) is 12.1 Å². The van der Waals surface area contributed by atoms with E-state index in [9.17, 15) is 27.5 Å². The number of aliphatic hydroxyl groups is 1. The molecule has 38 heavy (non-hydrogen) atoms. The van der Waals surface area contributed by atoms with Gasteiger partial charge in [-0.05, 0) is 59.1 Å². The molecular formula is C30H30F4O4. The summed E-state index contributed by atoms with van der Waals surface area (Å²) in [6.45, 7) is 4.22. The van der Waals surface area contributed by atoms with Crippen LogP contribution in [0.5, 0.6) is 5.75 Å². The van der Waals surface area contributed by atoms with Crippen molar-refractivity contribution in [2.45, 2.75) is 64.6 Å². The third-order valence-electron chi connectivity index (χ3n) is 7.40. The lowest BCUT2D eigenvalue weighted by molar-refractivity contribution is -0.139. The maximum absolute atomic E-state index is 15.0. The quantitative estimate of drug-likeness (QED) is 0.276. The van der Waals surface area contributed by atoms with Gasteiger partial charge in [0.1, 0.15) is 12.4 Å². The van der Waals surface area contributed by atoms with Crippen LogP contribution in [0, 0.1) is 17.0 Å². The Morgan fingerprint density at radius 1 is 1.08 bits per heavy atom. The lowest BCUT2D eigenvalue weighted by Gasteiger charge is -2.30. The standard InChI is InChI=1S/C30H30F4O4/c1-30(2)12-4-6-23(30)21-13-17(8-10-19(21)22-14-18(29(33)34)9-11-24(22)31)16-38-26-7-3-5-20(28(26)32)25(35)15-27(36)37/h3,5,7-11,13-14,23,25,29,35H,4,6,12,15-16H2,1-2H3,(H,36,37)/t23?,25-/m1/s1. The zero-order valence-corrected chi connectivity index (χ0v) is 21.2. The number of aliphatic carboxylic acids is 1. The lowest BCUT2D eigenvalue weighted by Crippen LogP contribution is -2.17. The molecule has 0 bridgehead atoms. The van der Waals surface area contributed by atoms with Gasteiger partial charge in [0.15, 0.2) is 11.6 Å². The zero-order valence-electron chi connectivity index (χ0n) is 21.2. The average molecular weight is 531 g/mol. The minimum absolute atomic E-state index is 0.0462. The summed E-state index contributed by atoms with van der Waals surface area (Å²) in [6.07, 6.45) is -2.09. The Morgan fingerprint density at radius 2 is 1.84 bits per heavy atom. The molecule has 0 heterocycles. The minimum Gasteiger partial charge on any atom is -0.486 e. The van der Waals surface area contributed by atoms with Crippen molar-refractivity contribution in [1.29, 1.82) is 0 Å². The van der Waals surface area contributed by atoms with E-state index < -0.39 is 36.6 Å². The van der Waals surface area contributed by atoms with Crippen LogP contribution in [0.1, 0.15) is 80.2 Å². The van der Waals surface area contributed by atoms with Crippen molar-refractivity contribution in [3.8, 4) is 16.9 Å². The molecule has 2 atom stereocenters. The Morgan fingerprint density at radius 3 is 2.50 bits per heavy atom. The van der Waals surface area contributed by atoms with Crippen LogP contribution in [0.4, 0.5) is 17.6 Å². The summed E-state index contributed by atoms with van der Waals surface area (Å²) < 4.78 is 62.4. The summed E-state index contributed by atoms with van der Waals surface area (Å²) in [5.41, 5.74) is 1.62. The molecule has 2 N–H and O–H groups in total. The van der Waals surface area contributed by atoms with Gasteiger partial charge in [-0.25, -0.2) is 17.6 Å². The van der Waals surface area contributed by atoms with Crippen LogP contribution in [-0.4, -0.2) is 16.2 Å². The highest BCUT2D eigenvalue weighted by atomic mass is 19.3. The van der Waals surface area contributed by atoms with Crippen LogP contribution in [-0.2, 0) is 11.4 Å². The van der Waals surface area contributed by atoms with E-state index in [2.05, 4.69) is 13.8 Å². The number of carboxylic acids is 1. The molecule has 8 heteroatoms. The number of hydrogen-bond acceptors (Lipinski definition) is 3. The minimum atomic E-state index is -2.73. The van der Waals surface area contributed by atoms with E-state index in [0.29, 0.717) is 11.1 Å². The van der Waals surface area contributed by atoms with Gasteiger partial charge in [-0.1, -0.05) is 56.7 Å². The zero-order chi connectivity index (χ0) is 27.6. The first-order valence-electron chi connectivity index (χ1n) is 12.5. The van der Waals surface area contributed by atoms with Gasteiger partial charge in [0.25, 0.3) is 6.43 Å². The average Bonchev–Trinajstić information content (AvgIpc) is 3.21. The lowest BCUT2D eigenvalue weighted by atomic mass is 9.75. The number of halogens is 4. The Hall–Kier alpha value is -3.39. The van der Waals surface area contributed by atoms with Crippen LogP contribution in [0.3, 0.4) is 0 Å². The Bertz CT molecular complexity index is 1320. The summed E-state index contributed by atoms with van der Waals surface area (Å²) in [6, 6.07) is 12.7. The van der Waals surface area contributed by atoms with Crippen LogP contribution in [0.15, 0.2) is 54.6 Å². The Labute approximate surface area is 218 Å². The van der Waals surface area contributed by atoms with Crippen molar-refractivity contribution in [3.05, 3.63) is 88.5 Å². The largest absolute Gasteiger partial charge is 0.486 e. The van der Waals surface area contributed by atoms with E-state index in [1.807, 2.05) is 6.07 Å². The molecular weight excluding hydrogens is 500 g/mol. The highest BCUT2D eigenvalue weighted by molar-refractivity contribution is 5.70. The molecule has 0 spiro atoms. The van der Waals surface area contributed by atoms with Crippen molar-refractivity contribution in [2.75, 3.05) is 0 Å². The summed E-state index contributed by atoms with van der Waals surface area (Å²) >= 11 is 0. The highest BCUT2D eigenvalue weighted by Crippen LogP contribution is 2.51. The second-order valence-corrected chi connectivity index (χ2v) is 10.5. The van der Waals surface area contributed by atoms with E-state index in [1.165, 1.54) is 24.3 Å². The third-order valence-corrected chi connectivity index (χ3v) is 7.40. The van der Waals surface area contributed by atoms with Crippen molar-refractivity contribution in [3.63, 3.8) is 0 Å². The van der Waals surface area contributed by atoms with Gasteiger partial charge in [-0.3, -0.25) is 4.79 Å². The summed E-state index contributed by atoms with van der Waals surface area (Å²) in [5.74, 6) is -2.79. The number of carboxylic acid groups (broad SMARTS) is 1. The SMILES string of the molecule is CC1(C)CCCC1c1cc(COc2cccc([C@H](O)CC(=O)O)c2F)ccc1-c1cc(C(F)F)ccc1F. The molecule has 0 amide bonds. The topological polar surface area (TPSA) is 66.8 Å². The van der Waals surface area contributed by atoms with Crippen LogP contribution < -0.4 is 4.74 Å². The van der Waals surface area contributed by atoms with Gasteiger partial charge in [0.05, 0.1) is 12.5 Å². The summed E-state index contributed by atoms with van der Waals surface area (Å²) in [4.78, 5) is 10.9. The summed E-state index contributed by atoms with van der Waals surface area (Å²) in [5, 5.41) is 18.9. The molecule has 1 fully saturated rings. The first-order valence-corrected chi connectivity index (χ1v) is 12.5. The van der Waals surface area contributed by atoms with E-state index in [0.717, 1.165) is 37.0 Å². The van der Waals surface area contributed by atoms with E-state index in [-0.39, 0.29) is 40.4 Å². The number of hydrogen-bond donors (Lipinski definition) is 2. The molecule has 1 saturated carbocycles. The second-order valence-electron chi connectivity index (χ2n) is 10.5. The van der Waals surface area contributed by atoms with Crippen molar-refractivity contribution < 1.29 is 37.3 Å². The molecule has 0 radical (unpaired) electrons. The third kappa shape index (κ3) is 5.85. The normalized spacial score (nSPS) is 17.5. The molecule has 1 unspecified atom stereocenters. The Kier molecular flexibility index (Phi) is 8.11. The Balaban J connectivity index is 1.68. The van der Waals surface area contributed by atoms with Crippen LogP contribution in [0.25, 0.3) is 11.1 Å². The van der Waals surface area contributed by atoms with Gasteiger partial charge >= 0.3 is 5.97 Å². The van der Waals surface area contributed by atoms with Crippen molar-refractivity contribution in [2.24, 2.45) is 5.41 Å². The van der Waals surface area contributed by atoms with Gasteiger partial charge < -0.3 is 14.9 Å². The van der Waals surface area contributed by atoms with Gasteiger partial charge in [0.2, 0.25) is 0 Å². The molecule has 202 valence electrons. The second kappa shape index (κ2) is 11.2. The smallest absolute Gasteiger partial charge is 0.306 e. The maximum Gasteiger partial charge on any atom is 0.306 e. The number of carbonyl (C=O) groups is 1. The van der Waals surface area contributed by atoms with Gasteiger partial charge in [-0.2, -0.15) is 0 Å². The highest BCUT2D eigenvalue weighted by Gasteiger charge is 2.37. The molecule has 0 aromatic heterocycles. The van der Waals surface area contributed by atoms with Crippen molar-refractivity contribution >= 4 is 5.97 Å². The fourth-order valence-electron chi connectivity index (χ4n) is 5.36. The fourth-order valence-corrected chi connectivity index (χ4v) is 5.36.